The van der Waals surface area contributed by atoms with Crippen molar-refractivity contribution in [2.24, 2.45) is 0 Å². The van der Waals surface area contributed by atoms with Crippen molar-refractivity contribution in [2.75, 3.05) is 6.61 Å². The predicted molar refractivity (Wildman–Crippen MR) is 87.6 cm³/mol. The Morgan fingerprint density at radius 1 is 1.09 bits per heavy atom. The second-order valence-corrected chi connectivity index (χ2v) is 5.91. The van der Waals surface area contributed by atoms with E-state index in [-0.39, 0.29) is 18.0 Å². The minimum atomic E-state index is -0.112. The SMILES string of the molecule is CC(C)=CCC/C(C)=C/COc1ccc2c(c1)C(=O)CC2=O. The van der Waals surface area contributed by atoms with Crippen molar-refractivity contribution in [3.05, 3.63) is 52.6 Å². The Bertz CT molecular complexity index is 647. The Balaban J connectivity index is 1.90. The minimum Gasteiger partial charge on any atom is -0.490 e. The highest BCUT2D eigenvalue weighted by atomic mass is 16.5. The number of hydrogen-bond donors (Lipinski definition) is 0. The Kier molecular flexibility index (Phi) is 5.31. The van der Waals surface area contributed by atoms with Gasteiger partial charge < -0.3 is 4.74 Å². The summed E-state index contributed by atoms with van der Waals surface area (Å²) in [5.41, 5.74) is 3.63. The average molecular weight is 298 g/mol. The lowest BCUT2D eigenvalue weighted by molar-refractivity contribution is 0.0923. The molecule has 22 heavy (non-hydrogen) atoms. The van der Waals surface area contributed by atoms with Gasteiger partial charge in [-0.25, -0.2) is 0 Å². The summed E-state index contributed by atoms with van der Waals surface area (Å²) in [7, 11) is 0. The average Bonchev–Trinajstić information content (AvgIpc) is 2.73. The monoisotopic (exact) mass is 298 g/mol. The maximum atomic E-state index is 11.7. The first-order valence-electron chi connectivity index (χ1n) is 7.59. The van der Waals surface area contributed by atoms with E-state index in [1.54, 1.807) is 18.2 Å². The third-order valence-electron chi connectivity index (χ3n) is 3.69. The fourth-order valence-corrected chi connectivity index (χ4v) is 2.39. The molecule has 2 rings (SSSR count). The number of benzene rings is 1. The molecule has 0 heterocycles. The summed E-state index contributed by atoms with van der Waals surface area (Å²) in [4.78, 5) is 23.3. The molecule has 1 aliphatic carbocycles. The summed E-state index contributed by atoms with van der Waals surface area (Å²) in [6.45, 7) is 6.76. The molecule has 3 nitrogen and oxygen atoms in total. The molecule has 0 saturated heterocycles. The minimum absolute atomic E-state index is 0.0117. The van der Waals surface area contributed by atoms with Crippen molar-refractivity contribution < 1.29 is 14.3 Å². The van der Waals surface area contributed by atoms with Crippen LogP contribution >= 0.6 is 0 Å². The van der Waals surface area contributed by atoms with Crippen LogP contribution in [0, 0.1) is 0 Å². The van der Waals surface area contributed by atoms with Crippen LogP contribution in [0.15, 0.2) is 41.5 Å². The molecule has 116 valence electrons. The van der Waals surface area contributed by atoms with Gasteiger partial charge in [0, 0.05) is 11.1 Å². The second-order valence-electron chi connectivity index (χ2n) is 5.91. The third kappa shape index (κ3) is 4.17. The van der Waals surface area contributed by atoms with Crippen molar-refractivity contribution in [1.82, 2.24) is 0 Å². The molecule has 0 aromatic heterocycles. The largest absolute Gasteiger partial charge is 0.490 e. The molecular formula is C19H22O3. The Morgan fingerprint density at radius 2 is 1.82 bits per heavy atom. The molecule has 1 aromatic rings. The molecule has 0 atom stereocenters. The Labute approximate surface area is 131 Å². The highest BCUT2D eigenvalue weighted by molar-refractivity contribution is 6.24. The highest BCUT2D eigenvalue weighted by Crippen LogP contribution is 2.26. The van der Waals surface area contributed by atoms with Gasteiger partial charge in [0.15, 0.2) is 11.6 Å². The quantitative estimate of drug-likeness (QED) is 0.572. The summed E-state index contributed by atoms with van der Waals surface area (Å²) >= 11 is 0. The third-order valence-corrected chi connectivity index (χ3v) is 3.69. The van der Waals surface area contributed by atoms with Gasteiger partial charge in [-0.15, -0.1) is 0 Å². The number of ketones is 2. The van der Waals surface area contributed by atoms with E-state index in [4.69, 9.17) is 4.74 Å². The number of allylic oxidation sites excluding steroid dienone is 3. The lowest BCUT2D eigenvalue weighted by Crippen LogP contribution is -1.97. The summed E-state index contributed by atoms with van der Waals surface area (Å²) in [5.74, 6) is 0.426. The smallest absolute Gasteiger partial charge is 0.171 e. The van der Waals surface area contributed by atoms with E-state index in [9.17, 15) is 9.59 Å². The predicted octanol–water partition coefficient (Wildman–Crippen LogP) is 4.53. The number of Topliss-reactive ketones (excluding diaryl/α,β-unsaturated/α-hetero) is 2. The molecule has 0 unspecified atom stereocenters. The summed E-state index contributed by atoms with van der Waals surface area (Å²) < 4.78 is 5.66. The first kappa shape index (κ1) is 16.2. The van der Waals surface area contributed by atoms with E-state index in [0.29, 0.717) is 23.5 Å². The van der Waals surface area contributed by atoms with Crippen molar-refractivity contribution in [3.63, 3.8) is 0 Å². The molecule has 1 aromatic carbocycles. The van der Waals surface area contributed by atoms with E-state index in [2.05, 4.69) is 32.9 Å². The zero-order valence-electron chi connectivity index (χ0n) is 13.4. The molecule has 0 spiro atoms. The van der Waals surface area contributed by atoms with Crippen molar-refractivity contribution in [1.29, 1.82) is 0 Å². The van der Waals surface area contributed by atoms with Crippen LogP contribution < -0.4 is 4.74 Å². The number of ether oxygens (including phenoxy) is 1. The van der Waals surface area contributed by atoms with E-state index in [0.717, 1.165) is 12.8 Å². The van der Waals surface area contributed by atoms with Gasteiger partial charge in [-0.2, -0.15) is 0 Å². The fraction of sp³-hybridized carbons (Fsp3) is 0.368. The lowest BCUT2D eigenvalue weighted by Gasteiger charge is -2.06. The van der Waals surface area contributed by atoms with Gasteiger partial charge in [0.05, 0.1) is 6.42 Å². The highest BCUT2D eigenvalue weighted by Gasteiger charge is 2.27. The van der Waals surface area contributed by atoms with Crippen LogP contribution in [0.1, 0.15) is 60.7 Å². The molecule has 0 bridgehead atoms. The van der Waals surface area contributed by atoms with E-state index < -0.39 is 0 Å². The zero-order valence-corrected chi connectivity index (χ0v) is 13.4. The molecular weight excluding hydrogens is 276 g/mol. The molecule has 0 fully saturated rings. The maximum Gasteiger partial charge on any atom is 0.171 e. The van der Waals surface area contributed by atoms with E-state index >= 15 is 0 Å². The Hall–Kier alpha value is -2.16. The van der Waals surface area contributed by atoms with Crippen LogP contribution in [0.2, 0.25) is 0 Å². The summed E-state index contributed by atoms with van der Waals surface area (Å²) in [6.07, 6.45) is 6.33. The van der Waals surface area contributed by atoms with Crippen LogP contribution in [0.25, 0.3) is 0 Å². The van der Waals surface area contributed by atoms with E-state index in [1.807, 2.05) is 0 Å². The van der Waals surface area contributed by atoms with Crippen molar-refractivity contribution in [2.45, 2.75) is 40.0 Å². The van der Waals surface area contributed by atoms with Gasteiger partial charge in [0.1, 0.15) is 12.4 Å². The van der Waals surface area contributed by atoms with Gasteiger partial charge in [0.2, 0.25) is 0 Å². The first-order valence-corrected chi connectivity index (χ1v) is 7.59. The molecule has 0 N–H and O–H groups in total. The number of fused-ring (bicyclic) bond motifs is 1. The van der Waals surface area contributed by atoms with Crippen LogP contribution in [0.5, 0.6) is 5.75 Å². The molecule has 0 radical (unpaired) electrons. The Morgan fingerprint density at radius 3 is 2.55 bits per heavy atom. The zero-order chi connectivity index (χ0) is 16.1. The molecule has 3 heteroatoms. The molecule has 1 aliphatic rings. The van der Waals surface area contributed by atoms with E-state index in [1.165, 1.54) is 11.1 Å². The number of hydrogen-bond acceptors (Lipinski definition) is 3. The lowest BCUT2D eigenvalue weighted by atomic mass is 10.1. The number of carbonyl (C=O) groups is 2. The van der Waals surface area contributed by atoms with Crippen molar-refractivity contribution in [3.8, 4) is 5.75 Å². The summed E-state index contributed by atoms with van der Waals surface area (Å²) in [5, 5.41) is 0. The van der Waals surface area contributed by atoms with Gasteiger partial charge in [-0.3, -0.25) is 9.59 Å². The maximum absolute atomic E-state index is 11.7. The normalized spacial score (nSPS) is 14.0. The van der Waals surface area contributed by atoms with Crippen molar-refractivity contribution >= 4 is 11.6 Å². The number of rotatable bonds is 6. The molecule has 0 aliphatic heterocycles. The van der Waals surface area contributed by atoms with Crippen LogP contribution in [0.4, 0.5) is 0 Å². The van der Waals surface area contributed by atoms with Gasteiger partial charge >= 0.3 is 0 Å². The fourth-order valence-electron chi connectivity index (χ4n) is 2.39. The van der Waals surface area contributed by atoms with Gasteiger partial charge in [0.25, 0.3) is 0 Å². The number of carbonyl (C=O) groups excluding carboxylic acids is 2. The van der Waals surface area contributed by atoms with Crippen LogP contribution in [-0.2, 0) is 0 Å². The molecule has 0 saturated carbocycles. The van der Waals surface area contributed by atoms with Crippen LogP contribution in [0.3, 0.4) is 0 Å². The van der Waals surface area contributed by atoms with Gasteiger partial charge in [-0.05, 0) is 57.9 Å². The second kappa shape index (κ2) is 7.21. The first-order chi connectivity index (χ1) is 10.5. The van der Waals surface area contributed by atoms with Crippen LogP contribution in [-0.4, -0.2) is 18.2 Å². The summed E-state index contributed by atoms with van der Waals surface area (Å²) in [6, 6.07) is 5.11. The molecule has 0 amide bonds. The van der Waals surface area contributed by atoms with Gasteiger partial charge in [-0.1, -0.05) is 17.2 Å². The topological polar surface area (TPSA) is 43.4 Å². The standard InChI is InChI=1S/C19H22O3/c1-13(2)5-4-6-14(3)9-10-22-15-7-8-16-17(11-15)19(21)12-18(16)20/h5,7-9,11H,4,6,10,12H2,1-3H3/b14-9+.